The second kappa shape index (κ2) is 7.19. The van der Waals surface area contributed by atoms with Gasteiger partial charge in [-0.1, -0.05) is 18.2 Å². The minimum atomic E-state index is -4.47. The van der Waals surface area contributed by atoms with Gasteiger partial charge in [0.05, 0.1) is 0 Å². The van der Waals surface area contributed by atoms with Gasteiger partial charge in [-0.25, -0.2) is 0 Å². The second-order valence-electron chi connectivity index (χ2n) is 4.63. The number of benzene rings is 2. The van der Waals surface area contributed by atoms with Gasteiger partial charge in [0.25, 0.3) is 0 Å². The highest BCUT2D eigenvalue weighted by Crippen LogP contribution is 2.22. The number of nitrogens with one attached hydrogen (secondary N) is 2. The average Bonchev–Trinajstić information content (AvgIpc) is 2.43. The van der Waals surface area contributed by atoms with Crippen LogP contribution in [0.4, 0.5) is 24.5 Å². The number of hydrogen-bond donors (Lipinski definition) is 3. The van der Waals surface area contributed by atoms with E-state index in [1.165, 1.54) is 23.5 Å². The number of hydrogen-bond acceptors (Lipinski definition) is 3. The highest BCUT2D eigenvalue weighted by molar-refractivity contribution is 7.80. The van der Waals surface area contributed by atoms with Crippen LogP contribution >= 0.6 is 12.2 Å². The van der Waals surface area contributed by atoms with Crippen LogP contribution in [0.15, 0.2) is 48.5 Å². The summed E-state index contributed by atoms with van der Waals surface area (Å²) in [5, 5.41) is 4.36. The third-order valence-electron chi connectivity index (χ3n) is 2.72. The molecule has 0 saturated heterocycles. The van der Waals surface area contributed by atoms with E-state index < -0.39 is 6.30 Å². The highest BCUT2D eigenvalue weighted by Gasteiger charge is 2.26. The molecule has 0 saturated carbocycles. The van der Waals surface area contributed by atoms with Crippen LogP contribution in [0.2, 0.25) is 0 Å². The Morgan fingerprint density at radius 2 is 1.78 bits per heavy atom. The first-order valence-corrected chi connectivity index (χ1v) is 6.96. The van der Waals surface area contributed by atoms with Crippen LogP contribution in [-0.2, 0) is 6.61 Å². The highest BCUT2D eigenvalue weighted by atomic mass is 32.1. The molecular formula is C15H14F3N3OS. The van der Waals surface area contributed by atoms with Gasteiger partial charge in [0.2, 0.25) is 0 Å². The molecule has 0 aromatic heterocycles. The summed E-state index contributed by atoms with van der Waals surface area (Å²) in [6, 6.07) is 12.8. The molecule has 0 aliphatic carbocycles. The molecule has 0 amide bonds. The molecular weight excluding hydrogens is 327 g/mol. The quantitative estimate of drug-likeness (QED) is 0.570. The topological polar surface area (TPSA) is 59.3 Å². The van der Waals surface area contributed by atoms with Gasteiger partial charge in [-0.3, -0.25) is 5.32 Å². The summed E-state index contributed by atoms with van der Waals surface area (Å²) in [5.74, 6) is 0.542. The van der Waals surface area contributed by atoms with E-state index in [9.17, 15) is 13.2 Å². The minimum absolute atomic E-state index is 0.0394. The van der Waals surface area contributed by atoms with Crippen molar-refractivity contribution in [1.29, 1.82) is 0 Å². The monoisotopic (exact) mass is 341 g/mol. The summed E-state index contributed by atoms with van der Waals surface area (Å²) in [4.78, 5) is 0. The fourth-order valence-corrected chi connectivity index (χ4v) is 1.99. The molecule has 0 heterocycles. The first-order valence-electron chi connectivity index (χ1n) is 6.55. The van der Waals surface area contributed by atoms with Gasteiger partial charge < -0.3 is 15.8 Å². The van der Waals surface area contributed by atoms with E-state index in [0.29, 0.717) is 17.0 Å². The Morgan fingerprint density at radius 3 is 2.48 bits per heavy atom. The van der Waals surface area contributed by atoms with Gasteiger partial charge in [0, 0.05) is 17.4 Å². The Kier molecular flexibility index (Phi) is 5.28. The standard InChI is InChI=1S/C15H14F3N3OS/c16-15(17,18)21-12-5-1-3-10(7-12)9-22-13-6-2-4-11(8-13)20-14(19)23/h1-8,21H,9H2,(H3,19,20,23). The zero-order valence-corrected chi connectivity index (χ0v) is 12.7. The van der Waals surface area contributed by atoms with Crippen molar-refractivity contribution in [3.63, 3.8) is 0 Å². The molecule has 23 heavy (non-hydrogen) atoms. The van der Waals surface area contributed by atoms with Crippen LogP contribution in [0.3, 0.4) is 0 Å². The van der Waals surface area contributed by atoms with E-state index in [-0.39, 0.29) is 17.4 Å². The summed E-state index contributed by atoms with van der Waals surface area (Å²) in [6.07, 6.45) is -4.47. The van der Waals surface area contributed by atoms with Crippen molar-refractivity contribution in [2.24, 2.45) is 5.73 Å². The molecule has 0 radical (unpaired) electrons. The molecule has 0 aliphatic heterocycles. The molecule has 8 heteroatoms. The Hall–Kier alpha value is -2.48. The van der Waals surface area contributed by atoms with Crippen LogP contribution in [0.1, 0.15) is 5.56 Å². The van der Waals surface area contributed by atoms with E-state index in [1.54, 1.807) is 30.3 Å². The van der Waals surface area contributed by atoms with Gasteiger partial charge in [-0.05, 0) is 42.0 Å². The van der Waals surface area contributed by atoms with Crippen molar-refractivity contribution in [1.82, 2.24) is 0 Å². The normalized spacial score (nSPS) is 10.9. The van der Waals surface area contributed by atoms with Gasteiger partial charge in [0.1, 0.15) is 12.4 Å². The largest absolute Gasteiger partial charge is 0.489 e. The maximum Gasteiger partial charge on any atom is 0.482 e. The lowest BCUT2D eigenvalue weighted by atomic mass is 10.2. The number of halogens is 3. The molecule has 0 atom stereocenters. The summed E-state index contributed by atoms with van der Waals surface area (Å²) in [6.45, 7) is 0.129. The van der Waals surface area contributed by atoms with E-state index in [1.807, 2.05) is 0 Å². The van der Waals surface area contributed by atoms with Crippen molar-refractivity contribution in [3.05, 3.63) is 54.1 Å². The van der Waals surface area contributed by atoms with Gasteiger partial charge in [-0.15, -0.1) is 0 Å². The maximum atomic E-state index is 12.3. The lowest BCUT2D eigenvalue weighted by molar-refractivity contribution is -0.0999. The van der Waals surface area contributed by atoms with Crippen molar-refractivity contribution in [2.45, 2.75) is 12.9 Å². The second-order valence-corrected chi connectivity index (χ2v) is 5.07. The molecule has 2 rings (SSSR count). The van der Waals surface area contributed by atoms with Crippen LogP contribution < -0.4 is 21.1 Å². The van der Waals surface area contributed by atoms with Gasteiger partial charge in [0.15, 0.2) is 5.11 Å². The van der Waals surface area contributed by atoms with Crippen LogP contribution in [0.25, 0.3) is 0 Å². The minimum Gasteiger partial charge on any atom is -0.489 e. The molecule has 2 aromatic carbocycles. The van der Waals surface area contributed by atoms with Crippen LogP contribution in [0, 0.1) is 0 Å². The Balaban J connectivity index is 2.01. The molecule has 0 bridgehead atoms. The zero-order valence-electron chi connectivity index (χ0n) is 11.9. The molecule has 2 aromatic rings. The van der Waals surface area contributed by atoms with Crippen molar-refractivity contribution < 1.29 is 17.9 Å². The zero-order chi connectivity index (χ0) is 16.9. The van der Waals surface area contributed by atoms with Crippen LogP contribution in [0.5, 0.6) is 5.75 Å². The Morgan fingerprint density at radius 1 is 1.09 bits per heavy atom. The molecule has 122 valence electrons. The smallest absolute Gasteiger partial charge is 0.482 e. The summed E-state index contributed by atoms with van der Waals surface area (Å²) in [7, 11) is 0. The molecule has 0 fully saturated rings. The molecule has 0 unspecified atom stereocenters. The molecule has 4 nitrogen and oxygen atoms in total. The van der Waals surface area contributed by atoms with Gasteiger partial charge >= 0.3 is 6.30 Å². The molecule has 4 N–H and O–H groups in total. The van der Waals surface area contributed by atoms with Crippen molar-refractivity contribution in [3.8, 4) is 5.75 Å². The van der Waals surface area contributed by atoms with Crippen molar-refractivity contribution >= 4 is 28.7 Å². The first kappa shape index (κ1) is 16.9. The third-order valence-corrected chi connectivity index (χ3v) is 2.82. The third kappa shape index (κ3) is 6.03. The average molecular weight is 341 g/mol. The summed E-state index contributed by atoms with van der Waals surface area (Å²) >= 11 is 4.75. The van der Waals surface area contributed by atoms with Crippen molar-refractivity contribution in [2.75, 3.05) is 10.6 Å². The van der Waals surface area contributed by atoms with E-state index in [4.69, 9.17) is 22.7 Å². The number of nitrogens with two attached hydrogens (primary N) is 1. The summed E-state index contributed by atoms with van der Waals surface area (Å²) in [5.41, 5.74) is 6.62. The van der Waals surface area contributed by atoms with E-state index in [2.05, 4.69) is 5.32 Å². The number of alkyl halides is 3. The molecule has 0 spiro atoms. The SMILES string of the molecule is NC(=S)Nc1cccc(OCc2cccc(NC(F)(F)F)c2)c1. The Bertz CT molecular complexity index is 692. The number of anilines is 2. The number of thiocarbonyl (C=S) groups is 1. The summed E-state index contributed by atoms with van der Waals surface area (Å²) < 4.78 is 42.5. The Labute approximate surface area is 136 Å². The van der Waals surface area contributed by atoms with E-state index >= 15 is 0 Å². The van der Waals surface area contributed by atoms with Crippen LogP contribution in [-0.4, -0.2) is 11.4 Å². The maximum absolute atomic E-state index is 12.3. The lowest BCUT2D eigenvalue weighted by Gasteiger charge is -2.12. The lowest BCUT2D eigenvalue weighted by Crippen LogP contribution is -2.20. The molecule has 0 aliphatic rings. The number of ether oxygens (including phenoxy) is 1. The predicted octanol–water partition coefficient (Wildman–Crippen LogP) is 3.85. The van der Waals surface area contributed by atoms with Gasteiger partial charge in [-0.2, -0.15) is 13.2 Å². The van der Waals surface area contributed by atoms with E-state index in [0.717, 1.165) is 0 Å². The fraction of sp³-hybridized carbons (Fsp3) is 0.133. The first-order chi connectivity index (χ1) is 10.8. The fourth-order valence-electron chi connectivity index (χ4n) is 1.88. The number of rotatable bonds is 5. The predicted molar refractivity (Wildman–Crippen MR) is 87.3 cm³/mol.